The van der Waals surface area contributed by atoms with Crippen molar-refractivity contribution in [2.75, 3.05) is 0 Å². The van der Waals surface area contributed by atoms with Gasteiger partial charge in [0.05, 0.1) is 5.56 Å². The van der Waals surface area contributed by atoms with Crippen LogP contribution in [0, 0.1) is 13.8 Å². The van der Waals surface area contributed by atoms with Gasteiger partial charge in [0.2, 0.25) is 0 Å². The summed E-state index contributed by atoms with van der Waals surface area (Å²) in [5.41, 5.74) is 3.09. The number of carbonyl (C=O) groups is 1. The number of hydrogen-bond donors (Lipinski definition) is 2. The molecule has 0 saturated heterocycles. The molecule has 1 aliphatic rings. The number of phenolic OH excluding ortho intramolecular Hbond substituents is 2. The Morgan fingerprint density at radius 3 is 2.08 bits per heavy atom. The fourth-order valence-corrected chi connectivity index (χ4v) is 3.55. The van der Waals surface area contributed by atoms with Gasteiger partial charge in [0, 0.05) is 0 Å². The van der Waals surface area contributed by atoms with E-state index in [0.717, 1.165) is 25.7 Å². The number of rotatable bonds is 3. The molecule has 3 rings (SSSR count). The van der Waals surface area contributed by atoms with E-state index in [1.54, 1.807) is 38.1 Å². The molecule has 0 atom stereocenters. The Kier molecular flexibility index (Phi) is 4.98. The monoisotopic (exact) mass is 340 g/mol. The molecule has 0 amide bonds. The van der Waals surface area contributed by atoms with Gasteiger partial charge < -0.3 is 14.9 Å². The summed E-state index contributed by atoms with van der Waals surface area (Å²) >= 11 is 0. The quantitative estimate of drug-likeness (QED) is 0.802. The first kappa shape index (κ1) is 17.3. The first-order chi connectivity index (χ1) is 11.9. The second kappa shape index (κ2) is 7.18. The van der Waals surface area contributed by atoms with Crippen LogP contribution in [0.15, 0.2) is 36.4 Å². The normalized spacial score (nSPS) is 20.2. The lowest BCUT2D eigenvalue weighted by atomic mass is 9.83. The number of benzene rings is 2. The number of aryl methyl sites for hydroxylation is 2. The van der Waals surface area contributed by atoms with Crippen LogP contribution in [0.5, 0.6) is 11.5 Å². The SMILES string of the molecule is Cc1cc(C(=O)OC2CCC(c3ccc(O)cc3)CC2)cc(C)c1O. The summed E-state index contributed by atoms with van der Waals surface area (Å²) in [7, 11) is 0. The number of phenols is 2. The van der Waals surface area contributed by atoms with Crippen molar-refractivity contribution in [3.8, 4) is 11.5 Å². The second-order valence-electron chi connectivity index (χ2n) is 6.93. The van der Waals surface area contributed by atoms with Crippen molar-refractivity contribution in [1.29, 1.82) is 0 Å². The molecule has 0 unspecified atom stereocenters. The molecule has 0 radical (unpaired) electrons. The molecule has 1 aliphatic carbocycles. The molecule has 25 heavy (non-hydrogen) atoms. The van der Waals surface area contributed by atoms with Gasteiger partial charge in [0.25, 0.3) is 0 Å². The number of aromatic hydroxyl groups is 2. The van der Waals surface area contributed by atoms with Crippen LogP contribution in [-0.2, 0) is 4.74 Å². The van der Waals surface area contributed by atoms with Crippen LogP contribution >= 0.6 is 0 Å². The summed E-state index contributed by atoms with van der Waals surface area (Å²) in [6.45, 7) is 3.56. The van der Waals surface area contributed by atoms with Gasteiger partial charge in [-0.25, -0.2) is 4.79 Å². The zero-order chi connectivity index (χ0) is 18.0. The van der Waals surface area contributed by atoms with Crippen molar-refractivity contribution in [2.45, 2.75) is 51.6 Å². The lowest BCUT2D eigenvalue weighted by molar-refractivity contribution is 0.0195. The van der Waals surface area contributed by atoms with E-state index in [2.05, 4.69) is 0 Å². The standard InChI is InChI=1S/C21H24O4/c1-13-11-17(12-14(2)20(13)23)21(24)25-19-9-5-16(6-10-19)15-3-7-18(22)8-4-15/h3-4,7-8,11-12,16,19,22-23H,5-6,9-10H2,1-2H3. The first-order valence-corrected chi connectivity index (χ1v) is 8.74. The summed E-state index contributed by atoms with van der Waals surface area (Å²) in [5, 5.41) is 19.2. The molecule has 1 saturated carbocycles. The molecule has 0 bridgehead atoms. The highest BCUT2D eigenvalue weighted by atomic mass is 16.5. The van der Waals surface area contributed by atoms with Gasteiger partial charge in [-0.3, -0.25) is 0 Å². The van der Waals surface area contributed by atoms with Crippen molar-refractivity contribution in [1.82, 2.24) is 0 Å². The van der Waals surface area contributed by atoms with E-state index in [4.69, 9.17) is 4.74 Å². The highest BCUT2D eigenvalue weighted by molar-refractivity contribution is 5.90. The maximum Gasteiger partial charge on any atom is 0.338 e. The van der Waals surface area contributed by atoms with E-state index in [1.807, 2.05) is 12.1 Å². The Hall–Kier alpha value is -2.49. The van der Waals surface area contributed by atoms with Gasteiger partial charge in [-0.1, -0.05) is 12.1 Å². The molecule has 2 aromatic rings. The smallest absolute Gasteiger partial charge is 0.338 e. The minimum atomic E-state index is -0.320. The average Bonchev–Trinajstić information content (AvgIpc) is 2.60. The van der Waals surface area contributed by atoms with Crippen LogP contribution < -0.4 is 0 Å². The van der Waals surface area contributed by atoms with Crippen molar-refractivity contribution >= 4 is 5.97 Å². The molecule has 0 heterocycles. The first-order valence-electron chi connectivity index (χ1n) is 8.74. The third kappa shape index (κ3) is 3.95. The third-order valence-electron chi connectivity index (χ3n) is 5.04. The summed E-state index contributed by atoms with van der Waals surface area (Å²) in [6.07, 6.45) is 3.56. The molecule has 0 aromatic heterocycles. The fraction of sp³-hybridized carbons (Fsp3) is 0.381. The average molecular weight is 340 g/mol. The summed E-state index contributed by atoms with van der Waals surface area (Å²) < 4.78 is 5.67. The van der Waals surface area contributed by atoms with Crippen LogP contribution in [-0.4, -0.2) is 22.3 Å². The maximum absolute atomic E-state index is 12.4. The lowest BCUT2D eigenvalue weighted by Crippen LogP contribution is -2.24. The van der Waals surface area contributed by atoms with E-state index in [-0.39, 0.29) is 23.6 Å². The molecule has 132 valence electrons. The predicted molar refractivity (Wildman–Crippen MR) is 96.1 cm³/mol. The van der Waals surface area contributed by atoms with Crippen molar-refractivity contribution in [2.24, 2.45) is 0 Å². The molecule has 2 aromatic carbocycles. The summed E-state index contributed by atoms with van der Waals surface area (Å²) in [5.74, 6) is 0.643. The van der Waals surface area contributed by atoms with Gasteiger partial charge >= 0.3 is 5.97 Å². The Morgan fingerprint density at radius 1 is 0.960 bits per heavy atom. The van der Waals surface area contributed by atoms with E-state index in [0.29, 0.717) is 22.6 Å². The second-order valence-corrected chi connectivity index (χ2v) is 6.93. The number of esters is 1. The molecule has 0 aliphatic heterocycles. The molecule has 0 spiro atoms. The number of carbonyl (C=O) groups excluding carboxylic acids is 1. The molecule has 2 N–H and O–H groups in total. The lowest BCUT2D eigenvalue weighted by Gasteiger charge is -2.28. The van der Waals surface area contributed by atoms with Crippen molar-refractivity contribution in [3.05, 3.63) is 58.7 Å². The molecule has 1 fully saturated rings. The molecular formula is C21H24O4. The van der Waals surface area contributed by atoms with E-state index >= 15 is 0 Å². The third-order valence-corrected chi connectivity index (χ3v) is 5.04. The summed E-state index contributed by atoms with van der Waals surface area (Å²) in [6, 6.07) is 10.7. The predicted octanol–water partition coefficient (Wildman–Crippen LogP) is 4.60. The Labute approximate surface area is 148 Å². The maximum atomic E-state index is 12.4. The Morgan fingerprint density at radius 2 is 1.52 bits per heavy atom. The van der Waals surface area contributed by atoms with E-state index in [9.17, 15) is 15.0 Å². The topological polar surface area (TPSA) is 66.8 Å². The highest BCUT2D eigenvalue weighted by Gasteiger charge is 2.25. The van der Waals surface area contributed by atoms with Crippen LogP contribution in [0.4, 0.5) is 0 Å². The number of hydrogen-bond acceptors (Lipinski definition) is 4. The summed E-state index contributed by atoms with van der Waals surface area (Å²) in [4.78, 5) is 12.4. The minimum Gasteiger partial charge on any atom is -0.508 e. The van der Waals surface area contributed by atoms with Gasteiger partial charge in [-0.05, 0) is 86.4 Å². The Bertz CT molecular complexity index is 733. The minimum absolute atomic E-state index is 0.0599. The van der Waals surface area contributed by atoms with Gasteiger partial charge in [-0.15, -0.1) is 0 Å². The van der Waals surface area contributed by atoms with Gasteiger partial charge in [0.15, 0.2) is 0 Å². The van der Waals surface area contributed by atoms with Crippen LogP contribution in [0.25, 0.3) is 0 Å². The zero-order valence-corrected chi connectivity index (χ0v) is 14.7. The van der Waals surface area contributed by atoms with Crippen LogP contribution in [0.3, 0.4) is 0 Å². The van der Waals surface area contributed by atoms with E-state index < -0.39 is 0 Å². The molecule has 4 heteroatoms. The van der Waals surface area contributed by atoms with Crippen LogP contribution in [0.1, 0.15) is 58.6 Å². The highest BCUT2D eigenvalue weighted by Crippen LogP contribution is 2.35. The molecule has 4 nitrogen and oxygen atoms in total. The zero-order valence-electron chi connectivity index (χ0n) is 14.7. The fourth-order valence-electron chi connectivity index (χ4n) is 3.55. The molecular weight excluding hydrogens is 316 g/mol. The van der Waals surface area contributed by atoms with Gasteiger partial charge in [-0.2, -0.15) is 0 Å². The van der Waals surface area contributed by atoms with Crippen molar-refractivity contribution in [3.63, 3.8) is 0 Å². The largest absolute Gasteiger partial charge is 0.508 e. The van der Waals surface area contributed by atoms with Crippen LogP contribution in [0.2, 0.25) is 0 Å². The van der Waals surface area contributed by atoms with Gasteiger partial charge in [0.1, 0.15) is 17.6 Å². The Balaban J connectivity index is 1.58. The van der Waals surface area contributed by atoms with E-state index in [1.165, 1.54) is 5.56 Å². The van der Waals surface area contributed by atoms with Crippen molar-refractivity contribution < 1.29 is 19.7 Å². The number of ether oxygens (including phenoxy) is 1.